The molecule has 0 fully saturated rings. The zero-order valence-electron chi connectivity index (χ0n) is 11.1. The third kappa shape index (κ3) is 4.06. The van der Waals surface area contributed by atoms with Crippen LogP contribution in [0.2, 0.25) is 0 Å². The highest BCUT2D eigenvalue weighted by atomic mass is 32.1. The highest BCUT2D eigenvalue weighted by Gasteiger charge is 2.17. The Bertz CT molecular complexity index is 558. The minimum absolute atomic E-state index is 0.485. The summed E-state index contributed by atoms with van der Waals surface area (Å²) in [5.74, 6) is 0. The van der Waals surface area contributed by atoms with Crippen molar-refractivity contribution < 1.29 is 9.53 Å². The summed E-state index contributed by atoms with van der Waals surface area (Å²) < 4.78 is 5.17. The molecule has 0 saturated heterocycles. The molecule has 1 aromatic heterocycles. The SMILES string of the molecule is CC(C)(C)OC(=O)Nc1ncc(-c2ccccc2)s1. The Kier molecular flexibility index (Phi) is 3.85. The maximum atomic E-state index is 11.6. The van der Waals surface area contributed by atoms with Crippen LogP contribution in [0.25, 0.3) is 10.4 Å². The molecule has 0 aliphatic carbocycles. The van der Waals surface area contributed by atoms with Crippen molar-refractivity contribution in [2.24, 2.45) is 0 Å². The molecule has 0 saturated carbocycles. The zero-order valence-corrected chi connectivity index (χ0v) is 12.0. The van der Waals surface area contributed by atoms with Crippen LogP contribution in [-0.4, -0.2) is 16.7 Å². The summed E-state index contributed by atoms with van der Waals surface area (Å²) in [5, 5.41) is 3.17. The van der Waals surface area contributed by atoms with Gasteiger partial charge in [-0.05, 0) is 26.3 Å². The largest absolute Gasteiger partial charge is 0.444 e. The smallest absolute Gasteiger partial charge is 0.413 e. The molecule has 0 aliphatic rings. The van der Waals surface area contributed by atoms with Gasteiger partial charge in [-0.1, -0.05) is 41.7 Å². The maximum Gasteiger partial charge on any atom is 0.413 e. The Labute approximate surface area is 116 Å². The van der Waals surface area contributed by atoms with Crippen LogP contribution >= 0.6 is 11.3 Å². The van der Waals surface area contributed by atoms with Crippen molar-refractivity contribution in [2.75, 3.05) is 5.32 Å². The van der Waals surface area contributed by atoms with Crippen LogP contribution in [0.3, 0.4) is 0 Å². The molecule has 2 rings (SSSR count). The van der Waals surface area contributed by atoms with Gasteiger partial charge < -0.3 is 4.74 Å². The lowest BCUT2D eigenvalue weighted by Gasteiger charge is -2.18. The van der Waals surface area contributed by atoms with E-state index in [-0.39, 0.29) is 0 Å². The molecule has 1 N–H and O–H groups in total. The van der Waals surface area contributed by atoms with Gasteiger partial charge >= 0.3 is 6.09 Å². The lowest BCUT2D eigenvalue weighted by molar-refractivity contribution is 0.0636. The predicted octanol–water partition coefficient (Wildman–Crippen LogP) is 4.16. The fourth-order valence-electron chi connectivity index (χ4n) is 1.46. The molecule has 0 radical (unpaired) electrons. The van der Waals surface area contributed by atoms with Gasteiger partial charge in [-0.3, -0.25) is 5.32 Å². The van der Waals surface area contributed by atoms with Crippen LogP contribution < -0.4 is 5.32 Å². The molecule has 1 heterocycles. The van der Waals surface area contributed by atoms with Gasteiger partial charge in [0, 0.05) is 6.20 Å². The van der Waals surface area contributed by atoms with E-state index >= 15 is 0 Å². The normalized spacial score (nSPS) is 11.1. The summed E-state index contributed by atoms with van der Waals surface area (Å²) in [6, 6.07) is 9.91. The van der Waals surface area contributed by atoms with E-state index in [0.29, 0.717) is 5.13 Å². The van der Waals surface area contributed by atoms with Gasteiger partial charge in [0.05, 0.1) is 4.88 Å². The number of aromatic nitrogens is 1. The van der Waals surface area contributed by atoms with Gasteiger partial charge in [0.15, 0.2) is 5.13 Å². The van der Waals surface area contributed by atoms with Gasteiger partial charge in [0.2, 0.25) is 0 Å². The molecule has 0 bridgehead atoms. The number of hydrogen-bond acceptors (Lipinski definition) is 4. The number of nitrogens with one attached hydrogen (secondary N) is 1. The van der Waals surface area contributed by atoms with Gasteiger partial charge in [-0.25, -0.2) is 9.78 Å². The molecule has 5 heteroatoms. The number of rotatable bonds is 2. The van der Waals surface area contributed by atoms with Gasteiger partial charge in [0.25, 0.3) is 0 Å². The summed E-state index contributed by atoms with van der Waals surface area (Å²) >= 11 is 1.42. The summed E-state index contributed by atoms with van der Waals surface area (Å²) in [7, 11) is 0. The van der Waals surface area contributed by atoms with E-state index in [0.717, 1.165) is 10.4 Å². The Morgan fingerprint density at radius 3 is 2.58 bits per heavy atom. The number of benzene rings is 1. The molecule has 100 valence electrons. The first kappa shape index (κ1) is 13.5. The van der Waals surface area contributed by atoms with Crippen molar-refractivity contribution in [3.63, 3.8) is 0 Å². The summed E-state index contributed by atoms with van der Waals surface area (Å²) in [6.45, 7) is 5.47. The van der Waals surface area contributed by atoms with Crippen LogP contribution in [-0.2, 0) is 4.74 Å². The molecule has 0 aliphatic heterocycles. The quantitative estimate of drug-likeness (QED) is 0.896. The van der Waals surface area contributed by atoms with Crippen molar-refractivity contribution in [1.82, 2.24) is 4.98 Å². The number of amides is 1. The van der Waals surface area contributed by atoms with Crippen molar-refractivity contribution >= 4 is 22.6 Å². The average molecular weight is 276 g/mol. The molecule has 2 aromatic rings. The highest BCUT2D eigenvalue weighted by molar-refractivity contribution is 7.19. The standard InChI is InChI=1S/C14H16N2O2S/c1-14(2,3)18-13(17)16-12-15-9-11(19-12)10-7-5-4-6-8-10/h4-9H,1-3H3,(H,15,16,17). The van der Waals surface area contributed by atoms with E-state index in [1.165, 1.54) is 11.3 Å². The lowest BCUT2D eigenvalue weighted by atomic mass is 10.2. The predicted molar refractivity (Wildman–Crippen MR) is 77.4 cm³/mol. The second-order valence-corrected chi connectivity index (χ2v) is 6.05. The van der Waals surface area contributed by atoms with Gasteiger partial charge in [0.1, 0.15) is 5.60 Å². The van der Waals surface area contributed by atoms with E-state index < -0.39 is 11.7 Å². The third-order valence-electron chi connectivity index (χ3n) is 2.17. The van der Waals surface area contributed by atoms with E-state index in [4.69, 9.17) is 4.74 Å². The Morgan fingerprint density at radius 2 is 1.95 bits per heavy atom. The van der Waals surface area contributed by atoms with E-state index in [1.54, 1.807) is 6.20 Å². The minimum atomic E-state index is -0.510. The Balaban J connectivity index is 2.04. The number of carbonyl (C=O) groups is 1. The van der Waals surface area contributed by atoms with Crippen LogP contribution in [0.1, 0.15) is 20.8 Å². The summed E-state index contributed by atoms with van der Waals surface area (Å²) in [5.41, 5.74) is 0.570. The lowest BCUT2D eigenvalue weighted by Crippen LogP contribution is -2.27. The van der Waals surface area contributed by atoms with E-state index in [2.05, 4.69) is 10.3 Å². The van der Waals surface area contributed by atoms with Crippen LogP contribution in [0.5, 0.6) is 0 Å². The number of thiazole rings is 1. The summed E-state index contributed by atoms with van der Waals surface area (Å²) in [4.78, 5) is 16.8. The first-order chi connectivity index (χ1) is 8.94. The molecule has 19 heavy (non-hydrogen) atoms. The molecular formula is C14H16N2O2S. The number of carbonyl (C=O) groups excluding carboxylic acids is 1. The maximum absolute atomic E-state index is 11.6. The average Bonchev–Trinajstić information content (AvgIpc) is 2.76. The molecule has 0 spiro atoms. The van der Waals surface area contributed by atoms with Crippen molar-refractivity contribution in [3.8, 4) is 10.4 Å². The highest BCUT2D eigenvalue weighted by Crippen LogP contribution is 2.28. The monoisotopic (exact) mass is 276 g/mol. The van der Waals surface area contributed by atoms with Crippen LogP contribution in [0.15, 0.2) is 36.5 Å². The van der Waals surface area contributed by atoms with Crippen molar-refractivity contribution in [2.45, 2.75) is 26.4 Å². The molecule has 1 aromatic carbocycles. The molecule has 0 unspecified atom stereocenters. The molecule has 1 amide bonds. The second-order valence-electron chi connectivity index (χ2n) is 5.02. The molecular weight excluding hydrogens is 260 g/mol. The first-order valence-corrected chi connectivity index (χ1v) is 6.77. The second kappa shape index (κ2) is 5.40. The zero-order chi connectivity index (χ0) is 13.9. The Morgan fingerprint density at radius 1 is 1.26 bits per heavy atom. The third-order valence-corrected chi connectivity index (χ3v) is 3.13. The fourth-order valence-corrected chi connectivity index (χ4v) is 2.27. The number of ether oxygens (including phenoxy) is 1. The van der Waals surface area contributed by atoms with Gasteiger partial charge in [-0.2, -0.15) is 0 Å². The summed E-state index contributed by atoms with van der Waals surface area (Å²) in [6.07, 6.45) is 1.26. The topological polar surface area (TPSA) is 51.2 Å². The number of anilines is 1. The van der Waals surface area contributed by atoms with Crippen molar-refractivity contribution in [3.05, 3.63) is 36.5 Å². The van der Waals surface area contributed by atoms with E-state index in [9.17, 15) is 4.79 Å². The first-order valence-electron chi connectivity index (χ1n) is 5.95. The fraction of sp³-hybridized carbons (Fsp3) is 0.286. The number of nitrogens with zero attached hydrogens (tertiary/aromatic N) is 1. The molecule has 4 nitrogen and oxygen atoms in total. The minimum Gasteiger partial charge on any atom is -0.444 e. The van der Waals surface area contributed by atoms with Gasteiger partial charge in [-0.15, -0.1) is 0 Å². The number of hydrogen-bond donors (Lipinski definition) is 1. The van der Waals surface area contributed by atoms with Crippen LogP contribution in [0.4, 0.5) is 9.93 Å². The molecule has 0 atom stereocenters. The van der Waals surface area contributed by atoms with Crippen molar-refractivity contribution in [1.29, 1.82) is 0 Å². The Hall–Kier alpha value is -1.88. The van der Waals surface area contributed by atoms with E-state index in [1.807, 2.05) is 51.1 Å². The van der Waals surface area contributed by atoms with Crippen LogP contribution in [0, 0.1) is 0 Å².